The van der Waals surface area contributed by atoms with Gasteiger partial charge in [0.1, 0.15) is 18.8 Å². The molecule has 38 heavy (non-hydrogen) atoms. The summed E-state index contributed by atoms with van der Waals surface area (Å²) in [5, 5.41) is 11.8. The zero-order valence-electron chi connectivity index (χ0n) is 20.7. The van der Waals surface area contributed by atoms with Gasteiger partial charge in [-0.15, -0.1) is 0 Å². The van der Waals surface area contributed by atoms with Crippen molar-refractivity contribution in [2.24, 2.45) is 0 Å². The molecule has 0 saturated carbocycles. The van der Waals surface area contributed by atoms with Gasteiger partial charge in [0.25, 0.3) is 5.69 Å². The van der Waals surface area contributed by atoms with Gasteiger partial charge < -0.3 is 23.7 Å². The Morgan fingerprint density at radius 1 is 0.921 bits per heavy atom. The first-order valence-electron chi connectivity index (χ1n) is 12.0. The number of esters is 2. The summed E-state index contributed by atoms with van der Waals surface area (Å²) in [6.45, 7) is 3.55. The first-order chi connectivity index (χ1) is 18.3. The zero-order valence-corrected chi connectivity index (χ0v) is 20.7. The molecule has 0 aliphatic carbocycles. The van der Waals surface area contributed by atoms with Gasteiger partial charge in [-0.1, -0.05) is 35.4 Å². The number of nitro groups is 1. The Kier molecular flexibility index (Phi) is 6.97. The first-order valence-corrected chi connectivity index (χ1v) is 12.0. The van der Waals surface area contributed by atoms with E-state index in [0.717, 1.165) is 11.1 Å². The average molecular weight is 520 g/mol. The fourth-order valence-electron chi connectivity index (χ4n) is 4.38. The number of nitro benzene ring substituents is 1. The van der Waals surface area contributed by atoms with E-state index in [1.807, 2.05) is 13.8 Å². The van der Waals surface area contributed by atoms with Crippen molar-refractivity contribution in [1.82, 2.24) is 0 Å². The lowest BCUT2D eigenvalue weighted by atomic mass is 10.0. The van der Waals surface area contributed by atoms with Crippen LogP contribution in [0.4, 0.5) is 5.69 Å². The second-order valence-electron chi connectivity index (χ2n) is 9.19. The molecule has 0 radical (unpaired) electrons. The standard InChI is InChI=1S/C28H25NO9/c1-16-3-7-18(8-4-16)27(30)34-14-26-25(38-28(31)19-9-5-17(2)6-10-19)13-22(37-26)20-11-23-24(36-15-35-23)12-21(20)29(32)33/h3-12,22,25-26H,13-15H2,1-2H3/t22-,25+,26-/m1/s1. The van der Waals surface area contributed by atoms with E-state index < -0.39 is 35.2 Å². The van der Waals surface area contributed by atoms with Crippen molar-refractivity contribution in [1.29, 1.82) is 0 Å². The van der Waals surface area contributed by atoms with Gasteiger partial charge in [-0.2, -0.15) is 0 Å². The lowest BCUT2D eigenvalue weighted by molar-refractivity contribution is -0.386. The quantitative estimate of drug-likeness (QED) is 0.245. The van der Waals surface area contributed by atoms with Crippen LogP contribution in [0.25, 0.3) is 0 Å². The molecule has 0 N–H and O–H groups in total. The van der Waals surface area contributed by atoms with Crippen molar-refractivity contribution in [2.45, 2.75) is 38.6 Å². The van der Waals surface area contributed by atoms with E-state index in [1.165, 1.54) is 12.1 Å². The lowest BCUT2D eigenvalue weighted by Gasteiger charge is -2.19. The molecule has 3 aromatic carbocycles. The summed E-state index contributed by atoms with van der Waals surface area (Å²) in [6.07, 6.45) is -2.38. The normalized spacial score (nSPS) is 19.7. The SMILES string of the molecule is Cc1ccc(C(=O)OC[C@H]2O[C@@H](c3cc4c(cc3[N+](=O)[O-])OCO4)C[C@@H]2OC(=O)c2ccc(C)cc2)cc1. The Bertz CT molecular complexity index is 1370. The summed E-state index contributed by atoms with van der Waals surface area (Å²) >= 11 is 0. The van der Waals surface area contributed by atoms with Crippen molar-refractivity contribution >= 4 is 17.6 Å². The van der Waals surface area contributed by atoms with Crippen LogP contribution in [0.5, 0.6) is 11.5 Å². The number of hydrogen-bond donors (Lipinski definition) is 0. The molecule has 2 aliphatic heterocycles. The van der Waals surface area contributed by atoms with Gasteiger partial charge in [0.15, 0.2) is 11.5 Å². The Morgan fingerprint density at radius 2 is 1.50 bits per heavy atom. The van der Waals surface area contributed by atoms with Gasteiger partial charge in [0.05, 0.1) is 33.8 Å². The van der Waals surface area contributed by atoms with Crippen LogP contribution in [0.1, 0.15) is 49.9 Å². The van der Waals surface area contributed by atoms with E-state index >= 15 is 0 Å². The summed E-state index contributed by atoms with van der Waals surface area (Å²) in [5.74, 6) is -0.509. The topological polar surface area (TPSA) is 123 Å². The number of fused-ring (bicyclic) bond motifs is 1. The number of carbonyl (C=O) groups is 2. The molecule has 3 aromatic rings. The van der Waals surface area contributed by atoms with Crippen molar-refractivity contribution in [2.75, 3.05) is 13.4 Å². The molecule has 196 valence electrons. The van der Waals surface area contributed by atoms with Crippen LogP contribution in [0.2, 0.25) is 0 Å². The predicted molar refractivity (Wildman–Crippen MR) is 133 cm³/mol. The fraction of sp³-hybridized carbons (Fsp3) is 0.286. The van der Waals surface area contributed by atoms with E-state index in [-0.39, 0.29) is 36.8 Å². The molecule has 0 aromatic heterocycles. The van der Waals surface area contributed by atoms with E-state index in [0.29, 0.717) is 16.9 Å². The maximum atomic E-state index is 12.9. The maximum Gasteiger partial charge on any atom is 0.338 e. The highest BCUT2D eigenvalue weighted by atomic mass is 16.7. The molecule has 1 fully saturated rings. The van der Waals surface area contributed by atoms with E-state index in [2.05, 4.69) is 0 Å². The molecule has 0 amide bonds. The zero-order chi connectivity index (χ0) is 26.8. The van der Waals surface area contributed by atoms with Crippen molar-refractivity contribution in [3.05, 3.63) is 98.6 Å². The molecule has 2 aliphatic rings. The van der Waals surface area contributed by atoms with E-state index in [9.17, 15) is 19.7 Å². The molecule has 2 heterocycles. The molecule has 0 bridgehead atoms. The third kappa shape index (κ3) is 5.30. The van der Waals surface area contributed by atoms with E-state index in [1.54, 1.807) is 48.5 Å². The average Bonchev–Trinajstić information content (AvgIpc) is 3.53. The number of carbonyl (C=O) groups excluding carboxylic acids is 2. The molecular formula is C28H25NO9. The summed E-state index contributed by atoms with van der Waals surface area (Å²) in [4.78, 5) is 36.8. The minimum absolute atomic E-state index is 0.0458. The number of ether oxygens (including phenoxy) is 5. The smallest absolute Gasteiger partial charge is 0.338 e. The number of rotatable bonds is 7. The molecule has 10 heteroatoms. The Labute approximate surface area is 218 Å². The second kappa shape index (κ2) is 10.5. The Balaban J connectivity index is 1.38. The van der Waals surface area contributed by atoms with Crippen molar-refractivity contribution in [3.8, 4) is 11.5 Å². The molecule has 0 unspecified atom stereocenters. The van der Waals surface area contributed by atoms with Crippen LogP contribution >= 0.6 is 0 Å². The number of nitrogens with zero attached hydrogens (tertiary/aromatic N) is 1. The summed E-state index contributed by atoms with van der Waals surface area (Å²) in [7, 11) is 0. The van der Waals surface area contributed by atoms with Gasteiger partial charge in [-0.25, -0.2) is 9.59 Å². The molecule has 3 atom stereocenters. The highest BCUT2D eigenvalue weighted by Crippen LogP contribution is 2.45. The van der Waals surface area contributed by atoms with E-state index in [4.69, 9.17) is 23.7 Å². The number of hydrogen-bond acceptors (Lipinski definition) is 9. The molecular weight excluding hydrogens is 494 g/mol. The van der Waals surface area contributed by atoms with Gasteiger partial charge in [0, 0.05) is 6.42 Å². The first kappa shape index (κ1) is 25.2. The lowest BCUT2D eigenvalue weighted by Crippen LogP contribution is -2.32. The summed E-state index contributed by atoms with van der Waals surface area (Å²) in [5.41, 5.74) is 2.75. The highest BCUT2D eigenvalue weighted by molar-refractivity contribution is 5.90. The Morgan fingerprint density at radius 3 is 2.11 bits per heavy atom. The monoisotopic (exact) mass is 519 g/mol. The number of aryl methyl sites for hydroxylation is 2. The molecule has 10 nitrogen and oxygen atoms in total. The summed E-state index contributed by atoms with van der Waals surface area (Å²) < 4.78 is 28.1. The van der Waals surface area contributed by atoms with Crippen LogP contribution in [0, 0.1) is 24.0 Å². The van der Waals surface area contributed by atoms with Crippen LogP contribution in [-0.4, -0.2) is 42.5 Å². The highest BCUT2D eigenvalue weighted by Gasteiger charge is 2.42. The van der Waals surface area contributed by atoms with Gasteiger partial charge >= 0.3 is 11.9 Å². The third-order valence-electron chi connectivity index (χ3n) is 6.48. The third-order valence-corrected chi connectivity index (χ3v) is 6.48. The van der Waals surface area contributed by atoms with Gasteiger partial charge in [-0.05, 0) is 44.2 Å². The van der Waals surface area contributed by atoms with Crippen LogP contribution < -0.4 is 9.47 Å². The number of benzene rings is 3. The van der Waals surface area contributed by atoms with Crippen LogP contribution in [0.3, 0.4) is 0 Å². The fourth-order valence-corrected chi connectivity index (χ4v) is 4.38. The molecule has 1 saturated heterocycles. The predicted octanol–water partition coefficient (Wildman–Crippen LogP) is 4.85. The van der Waals surface area contributed by atoms with Crippen LogP contribution in [0.15, 0.2) is 60.7 Å². The minimum Gasteiger partial charge on any atom is -0.459 e. The van der Waals surface area contributed by atoms with Crippen molar-refractivity contribution < 1.29 is 38.2 Å². The molecule has 5 rings (SSSR count). The van der Waals surface area contributed by atoms with Crippen molar-refractivity contribution in [3.63, 3.8) is 0 Å². The van der Waals surface area contributed by atoms with Crippen LogP contribution in [-0.2, 0) is 14.2 Å². The van der Waals surface area contributed by atoms with Gasteiger partial charge in [-0.3, -0.25) is 10.1 Å². The summed E-state index contributed by atoms with van der Waals surface area (Å²) in [6, 6.07) is 16.6. The minimum atomic E-state index is -0.853. The maximum absolute atomic E-state index is 12.9. The Hall–Kier alpha value is -4.44. The van der Waals surface area contributed by atoms with Gasteiger partial charge in [0.2, 0.25) is 6.79 Å². The second-order valence-corrected chi connectivity index (χ2v) is 9.19. The molecule has 0 spiro atoms. The largest absolute Gasteiger partial charge is 0.459 e.